The van der Waals surface area contributed by atoms with Gasteiger partial charge in [-0.25, -0.2) is 4.39 Å². The minimum Gasteiger partial charge on any atom is -0.494 e. The predicted octanol–water partition coefficient (Wildman–Crippen LogP) is 5.02. The molecule has 2 aromatic rings. The third kappa shape index (κ3) is 4.27. The molecule has 2 nitrogen and oxygen atoms in total. The maximum absolute atomic E-state index is 13.9. The van der Waals surface area contributed by atoms with Crippen molar-refractivity contribution in [2.75, 3.05) is 13.7 Å². The van der Waals surface area contributed by atoms with Crippen LogP contribution in [0.2, 0.25) is 0 Å². The zero-order valence-electron chi connectivity index (χ0n) is 15.9. The normalized spacial score (nSPS) is 17.6. The molecule has 0 radical (unpaired) electrons. The highest BCUT2D eigenvalue weighted by molar-refractivity contribution is 5.36. The summed E-state index contributed by atoms with van der Waals surface area (Å²) in [5.74, 6) is 1.10. The van der Waals surface area contributed by atoms with Crippen LogP contribution in [0.5, 0.6) is 5.75 Å². The average molecular weight is 355 g/mol. The van der Waals surface area contributed by atoms with E-state index in [0.29, 0.717) is 17.6 Å². The van der Waals surface area contributed by atoms with Crippen molar-refractivity contribution in [1.82, 2.24) is 0 Å². The second-order valence-corrected chi connectivity index (χ2v) is 7.53. The molecule has 3 rings (SSSR count). The fraction of sp³-hybridized carbons (Fsp3) is 0.478. The van der Waals surface area contributed by atoms with Crippen molar-refractivity contribution >= 4 is 0 Å². The van der Waals surface area contributed by atoms with E-state index in [0.717, 1.165) is 44.2 Å². The number of hydrogen-bond acceptors (Lipinski definition) is 2. The molecule has 0 spiro atoms. The summed E-state index contributed by atoms with van der Waals surface area (Å²) in [6.45, 7) is 2.94. The SMILES string of the molecule is CCCC(CN)c1ccc2c(c1)CCC(Cc1ccc(OC)c(F)c1)C2. The number of benzene rings is 2. The highest BCUT2D eigenvalue weighted by atomic mass is 19.1. The van der Waals surface area contributed by atoms with E-state index in [4.69, 9.17) is 10.5 Å². The van der Waals surface area contributed by atoms with Gasteiger partial charge in [0, 0.05) is 0 Å². The van der Waals surface area contributed by atoms with Gasteiger partial charge >= 0.3 is 0 Å². The fourth-order valence-electron chi connectivity index (χ4n) is 4.22. The number of methoxy groups -OCH3 is 1. The summed E-state index contributed by atoms with van der Waals surface area (Å²) >= 11 is 0. The molecule has 2 aromatic carbocycles. The Morgan fingerprint density at radius 2 is 2.04 bits per heavy atom. The van der Waals surface area contributed by atoms with E-state index >= 15 is 0 Å². The van der Waals surface area contributed by atoms with E-state index in [1.807, 2.05) is 6.07 Å². The lowest BCUT2D eigenvalue weighted by Crippen LogP contribution is -2.18. The summed E-state index contributed by atoms with van der Waals surface area (Å²) in [4.78, 5) is 0. The maximum Gasteiger partial charge on any atom is 0.165 e. The molecule has 0 aromatic heterocycles. The topological polar surface area (TPSA) is 35.2 Å². The van der Waals surface area contributed by atoms with Crippen LogP contribution >= 0.6 is 0 Å². The molecule has 0 bridgehead atoms. The molecule has 0 fully saturated rings. The standard InChI is InChI=1S/C23H30FNO/c1-3-4-21(15-25)20-9-8-18-12-16(5-7-19(18)14-20)11-17-6-10-23(26-2)22(24)13-17/h6,8-10,13-14,16,21H,3-5,7,11-12,15,25H2,1-2H3. The Hall–Kier alpha value is -1.87. The van der Waals surface area contributed by atoms with Gasteiger partial charge in [-0.1, -0.05) is 37.6 Å². The summed E-state index contributed by atoms with van der Waals surface area (Å²) in [5.41, 5.74) is 11.3. The Morgan fingerprint density at radius 3 is 2.73 bits per heavy atom. The first-order chi connectivity index (χ1) is 12.6. The van der Waals surface area contributed by atoms with Gasteiger partial charge in [0.15, 0.2) is 11.6 Å². The van der Waals surface area contributed by atoms with E-state index in [1.54, 1.807) is 12.1 Å². The third-order valence-corrected chi connectivity index (χ3v) is 5.69. The van der Waals surface area contributed by atoms with Crippen molar-refractivity contribution in [2.24, 2.45) is 11.7 Å². The number of nitrogens with two attached hydrogens (primary N) is 1. The second-order valence-electron chi connectivity index (χ2n) is 7.53. The van der Waals surface area contributed by atoms with Gasteiger partial charge in [-0.05, 0) is 84.9 Å². The fourth-order valence-corrected chi connectivity index (χ4v) is 4.22. The lowest BCUT2D eigenvalue weighted by atomic mass is 9.79. The Balaban J connectivity index is 1.69. The number of fused-ring (bicyclic) bond motifs is 1. The Kier molecular flexibility index (Phi) is 6.31. The number of halogens is 1. The van der Waals surface area contributed by atoms with Crippen molar-refractivity contribution in [3.05, 3.63) is 64.5 Å². The number of aryl methyl sites for hydroxylation is 1. The van der Waals surface area contributed by atoms with Crippen LogP contribution in [0.25, 0.3) is 0 Å². The summed E-state index contributed by atoms with van der Waals surface area (Å²) in [6, 6.07) is 12.3. The van der Waals surface area contributed by atoms with Crippen LogP contribution in [-0.2, 0) is 19.3 Å². The molecule has 1 aliphatic carbocycles. The monoisotopic (exact) mass is 355 g/mol. The van der Waals surface area contributed by atoms with Crippen molar-refractivity contribution < 1.29 is 9.13 Å². The molecule has 2 N–H and O–H groups in total. The minimum atomic E-state index is -0.269. The highest BCUT2D eigenvalue weighted by Crippen LogP contribution is 2.32. The van der Waals surface area contributed by atoms with Gasteiger partial charge in [0.05, 0.1) is 7.11 Å². The van der Waals surface area contributed by atoms with Crippen LogP contribution in [0.15, 0.2) is 36.4 Å². The first-order valence-corrected chi connectivity index (χ1v) is 9.78. The molecule has 0 saturated heterocycles. The van der Waals surface area contributed by atoms with Crippen LogP contribution in [0, 0.1) is 11.7 Å². The molecule has 1 aliphatic rings. The molecule has 0 amide bonds. The van der Waals surface area contributed by atoms with Gasteiger partial charge in [-0.15, -0.1) is 0 Å². The highest BCUT2D eigenvalue weighted by Gasteiger charge is 2.21. The molecular formula is C23H30FNO. The predicted molar refractivity (Wildman–Crippen MR) is 105 cm³/mol. The van der Waals surface area contributed by atoms with Crippen LogP contribution < -0.4 is 10.5 Å². The summed E-state index contributed by atoms with van der Waals surface area (Å²) in [5, 5.41) is 0. The van der Waals surface area contributed by atoms with Crippen LogP contribution in [-0.4, -0.2) is 13.7 Å². The number of ether oxygens (including phenoxy) is 1. The van der Waals surface area contributed by atoms with E-state index in [1.165, 1.54) is 30.2 Å². The number of rotatable bonds is 7. The summed E-state index contributed by atoms with van der Waals surface area (Å²) < 4.78 is 18.9. The summed E-state index contributed by atoms with van der Waals surface area (Å²) in [7, 11) is 1.50. The van der Waals surface area contributed by atoms with Crippen molar-refractivity contribution in [1.29, 1.82) is 0 Å². The van der Waals surface area contributed by atoms with Crippen LogP contribution in [0.3, 0.4) is 0 Å². The van der Waals surface area contributed by atoms with E-state index in [-0.39, 0.29) is 5.82 Å². The van der Waals surface area contributed by atoms with Crippen molar-refractivity contribution in [3.63, 3.8) is 0 Å². The zero-order chi connectivity index (χ0) is 18.5. The first-order valence-electron chi connectivity index (χ1n) is 9.78. The molecular weight excluding hydrogens is 325 g/mol. The molecule has 2 unspecified atom stereocenters. The van der Waals surface area contributed by atoms with Crippen molar-refractivity contribution in [3.8, 4) is 5.75 Å². The largest absolute Gasteiger partial charge is 0.494 e. The number of hydrogen-bond donors (Lipinski definition) is 1. The van der Waals surface area contributed by atoms with E-state index in [2.05, 4.69) is 25.1 Å². The molecule has 3 heteroatoms. The molecule has 2 atom stereocenters. The first kappa shape index (κ1) is 18.9. The lowest BCUT2D eigenvalue weighted by Gasteiger charge is -2.26. The Labute approximate surface area is 156 Å². The molecule has 0 heterocycles. The minimum absolute atomic E-state index is 0.269. The maximum atomic E-state index is 13.9. The van der Waals surface area contributed by atoms with Crippen LogP contribution in [0.4, 0.5) is 4.39 Å². The van der Waals surface area contributed by atoms with Gasteiger partial charge in [-0.3, -0.25) is 0 Å². The molecule has 26 heavy (non-hydrogen) atoms. The smallest absolute Gasteiger partial charge is 0.165 e. The Morgan fingerprint density at radius 1 is 1.19 bits per heavy atom. The van der Waals surface area contributed by atoms with Gasteiger partial charge in [0.25, 0.3) is 0 Å². The van der Waals surface area contributed by atoms with Gasteiger partial charge in [0.2, 0.25) is 0 Å². The van der Waals surface area contributed by atoms with Gasteiger partial charge < -0.3 is 10.5 Å². The van der Waals surface area contributed by atoms with Gasteiger partial charge in [-0.2, -0.15) is 0 Å². The molecule has 140 valence electrons. The van der Waals surface area contributed by atoms with Gasteiger partial charge in [0.1, 0.15) is 0 Å². The molecule has 0 saturated carbocycles. The second kappa shape index (κ2) is 8.68. The quantitative estimate of drug-likeness (QED) is 0.756. The summed E-state index contributed by atoms with van der Waals surface area (Å²) in [6.07, 6.45) is 6.58. The van der Waals surface area contributed by atoms with E-state index < -0.39 is 0 Å². The average Bonchev–Trinajstić information content (AvgIpc) is 2.66. The Bertz CT molecular complexity index is 743. The lowest BCUT2D eigenvalue weighted by molar-refractivity contribution is 0.385. The van der Waals surface area contributed by atoms with Crippen LogP contribution in [0.1, 0.15) is 54.4 Å². The van der Waals surface area contributed by atoms with E-state index in [9.17, 15) is 4.39 Å². The zero-order valence-corrected chi connectivity index (χ0v) is 15.9. The third-order valence-electron chi connectivity index (χ3n) is 5.69. The molecule has 0 aliphatic heterocycles. The van der Waals surface area contributed by atoms with Crippen molar-refractivity contribution in [2.45, 2.75) is 51.4 Å².